The molecule has 1 amide bonds. The minimum absolute atomic E-state index is 0.137. The molecule has 33 heavy (non-hydrogen) atoms. The molecule has 182 valence electrons. The van der Waals surface area contributed by atoms with E-state index in [0.29, 0.717) is 10.8 Å². The first kappa shape index (κ1) is 26.2. The van der Waals surface area contributed by atoms with Gasteiger partial charge in [0.15, 0.2) is 22.3 Å². The van der Waals surface area contributed by atoms with Gasteiger partial charge in [-0.3, -0.25) is 14.2 Å². The number of anilines is 1. The number of sulfone groups is 1. The molecule has 0 saturated carbocycles. The number of hydrogen-bond acceptors (Lipinski definition) is 7. The molecule has 0 bridgehead atoms. The van der Waals surface area contributed by atoms with Crippen molar-refractivity contribution in [2.75, 3.05) is 24.3 Å². The summed E-state index contributed by atoms with van der Waals surface area (Å²) in [7, 11) is -1.49. The van der Waals surface area contributed by atoms with E-state index in [-0.39, 0.29) is 27.9 Å². The Balaban J connectivity index is 2.58. The summed E-state index contributed by atoms with van der Waals surface area (Å²) in [6, 6.07) is 1.16. The van der Waals surface area contributed by atoms with Gasteiger partial charge in [0, 0.05) is 21.0 Å². The normalized spacial score (nSPS) is 12.5. The maximum absolute atomic E-state index is 13.1. The van der Waals surface area contributed by atoms with Gasteiger partial charge >= 0.3 is 12.1 Å². The summed E-state index contributed by atoms with van der Waals surface area (Å²) in [6.07, 6.45) is -4.12. The lowest BCUT2D eigenvalue weighted by Crippen LogP contribution is -2.42. The van der Waals surface area contributed by atoms with E-state index >= 15 is 0 Å². The van der Waals surface area contributed by atoms with Crippen molar-refractivity contribution in [1.82, 2.24) is 14.5 Å². The molecule has 9 nitrogen and oxygen atoms in total. The number of rotatable bonds is 7. The average molecular weight is 498 g/mol. The molecule has 0 aliphatic heterocycles. The van der Waals surface area contributed by atoms with Gasteiger partial charge in [0.2, 0.25) is 11.7 Å². The van der Waals surface area contributed by atoms with E-state index in [4.69, 9.17) is 0 Å². The molecule has 0 unspecified atom stereocenters. The van der Waals surface area contributed by atoms with E-state index in [1.807, 2.05) is 0 Å². The van der Waals surface area contributed by atoms with E-state index in [9.17, 15) is 40.0 Å². The number of ether oxygens (including phenoxy) is 1. The Labute approximate surface area is 184 Å². The van der Waals surface area contributed by atoms with Gasteiger partial charge in [0.05, 0.1) is 28.7 Å². The molecule has 2 aromatic heterocycles. The first-order valence-electron chi connectivity index (χ1n) is 9.14. The number of alkyl halides is 5. The zero-order valence-corrected chi connectivity index (χ0v) is 18.6. The average Bonchev–Trinajstić information content (AvgIpc) is 2.73. The zero-order valence-electron chi connectivity index (χ0n) is 17.8. The topological polar surface area (TPSA) is 111 Å². The minimum atomic E-state index is -5.88. The van der Waals surface area contributed by atoms with Crippen molar-refractivity contribution in [3.05, 3.63) is 28.8 Å². The molecular weight excluding hydrogens is 479 g/mol. The monoisotopic (exact) mass is 498 g/mol. The fraction of sp³-hybridized carbons (Fsp3) is 0.444. The molecule has 15 heteroatoms. The van der Waals surface area contributed by atoms with Crippen molar-refractivity contribution in [2.24, 2.45) is 7.05 Å². The van der Waals surface area contributed by atoms with Crippen LogP contribution in [0.4, 0.5) is 27.6 Å². The van der Waals surface area contributed by atoms with Crippen molar-refractivity contribution in [2.45, 2.75) is 30.8 Å². The summed E-state index contributed by atoms with van der Waals surface area (Å²) >= 11 is 0. The number of nitrogens with zero attached hydrogens (tertiary/aromatic N) is 4. The third kappa shape index (κ3) is 5.29. The third-order valence-electron chi connectivity index (χ3n) is 4.59. The lowest BCUT2D eigenvalue weighted by molar-refractivity contribution is -0.290. The van der Waals surface area contributed by atoms with Crippen LogP contribution in [0.1, 0.15) is 13.8 Å². The summed E-state index contributed by atoms with van der Waals surface area (Å²) in [6.45, 7) is 0.450. The van der Waals surface area contributed by atoms with Gasteiger partial charge in [-0.15, -0.1) is 0 Å². The highest BCUT2D eigenvalue weighted by Crippen LogP contribution is 2.35. The Bertz CT molecular complexity index is 1230. The second kappa shape index (κ2) is 9.03. The predicted molar refractivity (Wildman–Crippen MR) is 106 cm³/mol. The van der Waals surface area contributed by atoms with Gasteiger partial charge in [-0.05, 0) is 6.07 Å². The van der Waals surface area contributed by atoms with Gasteiger partial charge in [0.1, 0.15) is 5.69 Å². The van der Waals surface area contributed by atoms with Crippen LogP contribution < -0.4 is 15.2 Å². The van der Waals surface area contributed by atoms with Gasteiger partial charge in [-0.1, -0.05) is 6.92 Å². The third-order valence-corrected chi connectivity index (χ3v) is 6.33. The minimum Gasteiger partial charge on any atom is -0.480 e. The second-order valence-corrected chi connectivity index (χ2v) is 9.07. The first-order valence-corrected chi connectivity index (χ1v) is 10.8. The number of carbonyl (C=O) groups is 1. The van der Waals surface area contributed by atoms with Crippen LogP contribution >= 0.6 is 0 Å². The van der Waals surface area contributed by atoms with Crippen LogP contribution in [0.5, 0.6) is 5.75 Å². The standard InChI is InChI=1S/C18H19F5N4O5S/c1-5-33(30,31)13-6-11(26(3)10(2)28)7-24-14(13)15-25-8-12(16(29)27(15)4)32-9-17(19,20)18(21,22)23/h6-8H,5,9H2,1-4H3. The Morgan fingerprint density at radius 1 is 1.18 bits per heavy atom. The highest BCUT2D eigenvalue weighted by atomic mass is 32.2. The summed E-state index contributed by atoms with van der Waals surface area (Å²) in [5.74, 6) is -7.21. The van der Waals surface area contributed by atoms with Gasteiger partial charge in [0.25, 0.3) is 5.56 Å². The molecular formula is C18H19F5N4O5S. The molecule has 2 rings (SSSR count). The van der Waals surface area contributed by atoms with Crippen LogP contribution in [0.2, 0.25) is 0 Å². The lowest BCUT2D eigenvalue weighted by atomic mass is 10.3. The Hall–Kier alpha value is -3.10. The number of pyridine rings is 1. The molecule has 0 spiro atoms. The van der Waals surface area contributed by atoms with Crippen LogP contribution in [0.15, 0.2) is 28.2 Å². The SMILES string of the molecule is CCS(=O)(=O)c1cc(N(C)C(C)=O)cnc1-c1ncc(OCC(F)(F)C(F)(F)F)c(=O)n1C. The van der Waals surface area contributed by atoms with Gasteiger partial charge in [-0.25, -0.2) is 18.4 Å². The van der Waals surface area contributed by atoms with Crippen LogP contribution in [0.3, 0.4) is 0 Å². The van der Waals surface area contributed by atoms with E-state index in [0.717, 1.165) is 24.2 Å². The summed E-state index contributed by atoms with van der Waals surface area (Å²) in [4.78, 5) is 32.7. The summed E-state index contributed by atoms with van der Waals surface area (Å²) in [5, 5.41) is 0. The number of hydrogen-bond donors (Lipinski definition) is 0. The predicted octanol–water partition coefficient (Wildman–Crippen LogP) is 2.20. The molecule has 0 saturated heterocycles. The number of amides is 1. The molecule has 0 fully saturated rings. The smallest absolute Gasteiger partial charge is 0.456 e. The number of aromatic nitrogens is 3. The van der Waals surface area contributed by atoms with Crippen molar-refractivity contribution in [3.63, 3.8) is 0 Å². The Kier molecular flexibility index (Phi) is 7.16. The molecule has 2 heterocycles. The van der Waals surface area contributed by atoms with E-state index in [1.165, 1.54) is 20.9 Å². The highest BCUT2D eigenvalue weighted by Gasteiger charge is 2.58. The first-order chi connectivity index (χ1) is 15.0. The van der Waals surface area contributed by atoms with Gasteiger partial charge < -0.3 is 9.64 Å². The van der Waals surface area contributed by atoms with Crippen molar-refractivity contribution < 1.29 is 39.9 Å². The fourth-order valence-corrected chi connectivity index (χ4v) is 3.50. The molecule has 2 aromatic rings. The largest absolute Gasteiger partial charge is 0.480 e. The maximum atomic E-state index is 13.1. The Morgan fingerprint density at radius 3 is 2.30 bits per heavy atom. The Morgan fingerprint density at radius 2 is 1.79 bits per heavy atom. The number of carbonyl (C=O) groups excluding carboxylic acids is 1. The van der Waals surface area contributed by atoms with Gasteiger partial charge in [-0.2, -0.15) is 22.0 Å². The quantitative estimate of drug-likeness (QED) is 0.538. The molecule has 0 aliphatic carbocycles. The molecule has 0 radical (unpaired) electrons. The fourth-order valence-electron chi connectivity index (χ4n) is 2.45. The molecule has 0 N–H and O–H groups in total. The maximum Gasteiger partial charge on any atom is 0.456 e. The summed E-state index contributed by atoms with van der Waals surface area (Å²) < 4.78 is 93.4. The van der Waals surface area contributed by atoms with E-state index in [2.05, 4.69) is 14.7 Å². The second-order valence-electron chi connectivity index (χ2n) is 6.82. The molecule has 0 aliphatic rings. The van der Waals surface area contributed by atoms with Crippen LogP contribution in [0.25, 0.3) is 11.5 Å². The highest BCUT2D eigenvalue weighted by molar-refractivity contribution is 7.91. The summed E-state index contributed by atoms with van der Waals surface area (Å²) in [5.41, 5.74) is -1.30. The number of halogens is 5. The van der Waals surface area contributed by atoms with Crippen LogP contribution in [-0.4, -0.2) is 60.4 Å². The van der Waals surface area contributed by atoms with Crippen molar-refractivity contribution in [1.29, 1.82) is 0 Å². The van der Waals surface area contributed by atoms with Crippen molar-refractivity contribution >= 4 is 21.4 Å². The van der Waals surface area contributed by atoms with Crippen LogP contribution in [0, 0.1) is 0 Å². The van der Waals surface area contributed by atoms with E-state index in [1.54, 1.807) is 0 Å². The molecule has 0 atom stereocenters. The lowest BCUT2D eigenvalue weighted by Gasteiger charge is -2.20. The van der Waals surface area contributed by atoms with E-state index < -0.39 is 45.8 Å². The van der Waals surface area contributed by atoms with Crippen LogP contribution in [-0.2, 0) is 21.7 Å². The molecule has 0 aromatic carbocycles. The zero-order chi connectivity index (χ0) is 25.4. The van der Waals surface area contributed by atoms with Crippen molar-refractivity contribution in [3.8, 4) is 17.3 Å².